The summed E-state index contributed by atoms with van der Waals surface area (Å²) in [4.78, 5) is 2.35. The van der Waals surface area contributed by atoms with Gasteiger partial charge in [-0.3, -0.25) is 0 Å². The smallest absolute Gasteiger partial charge is 0.358 e. The molecule has 0 aliphatic rings. The van der Waals surface area contributed by atoms with Gasteiger partial charge in [0.2, 0.25) is 0 Å². The molecule has 0 aromatic heterocycles. The van der Waals surface area contributed by atoms with E-state index in [1.165, 1.54) is 25.9 Å². The second-order valence-corrected chi connectivity index (χ2v) is 2.51. The molecule has 0 aromatic carbocycles. The molecule has 0 atom stereocenters. The van der Waals surface area contributed by atoms with Gasteiger partial charge in [-0.15, -0.1) is 0 Å². The Morgan fingerprint density at radius 3 is 2.18 bits per heavy atom. The Morgan fingerprint density at radius 1 is 1.27 bits per heavy atom. The molecule has 0 radical (unpaired) electrons. The summed E-state index contributed by atoms with van der Waals surface area (Å²) >= 11 is 0. The molecule has 0 aliphatic carbocycles. The molecular weight excluding hydrogens is 187 g/mol. The molecule has 0 amide bonds. The number of unbranched alkanes of at least 4 members (excludes halogenated alkanes) is 1. The first-order chi connectivity index (χ1) is 4.31. The van der Waals surface area contributed by atoms with E-state index in [0.717, 1.165) is 6.42 Å². The summed E-state index contributed by atoms with van der Waals surface area (Å²) < 4.78 is 0. The van der Waals surface area contributed by atoms with E-state index in [-0.39, 0.29) is 26.9 Å². The van der Waals surface area contributed by atoms with Crippen molar-refractivity contribution < 1.29 is 19.5 Å². The van der Waals surface area contributed by atoms with Crippen LogP contribution in [0.1, 0.15) is 26.2 Å². The first-order valence-electron chi connectivity index (χ1n) is 3.79. The van der Waals surface area contributed by atoms with Crippen molar-refractivity contribution in [1.82, 2.24) is 4.90 Å². The van der Waals surface area contributed by atoms with Crippen molar-refractivity contribution in [2.75, 3.05) is 20.1 Å². The van der Waals surface area contributed by atoms with Gasteiger partial charge in [-0.05, 0) is 26.6 Å². The Balaban J connectivity index is -0.000000320. The first kappa shape index (κ1) is 17.6. The summed E-state index contributed by atoms with van der Waals surface area (Å²) in [5, 5.41) is 0. The minimum atomic E-state index is 0. The van der Waals surface area contributed by atoms with E-state index in [9.17, 15) is 0 Å². The van der Waals surface area contributed by atoms with Gasteiger partial charge in [-0.1, -0.05) is 13.3 Å². The fraction of sp³-hybridized carbons (Fsp3) is 0.778. The second kappa shape index (κ2) is 13.2. The van der Waals surface area contributed by atoms with Crippen LogP contribution < -0.4 is 0 Å². The Kier molecular flexibility index (Phi) is 21.1. The molecule has 0 saturated carbocycles. The third-order valence-corrected chi connectivity index (χ3v) is 1.40. The van der Waals surface area contributed by atoms with Gasteiger partial charge in [0.25, 0.3) is 0 Å². The maximum atomic E-state index is 3.79. The van der Waals surface area contributed by atoms with Crippen molar-refractivity contribution in [1.29, 1.82) is 0 Å². The van der Waals surface area contributed by atoms with Crippen molar-refractivity contribution in [2.45, 2.75) is 26.2 Å². The van der Waals surface area contributed by atoms with Crippen molar-refractivity contribution in [3.8, 4) is 0 Å². The standard InChI is InChI=1S/C8H18N.CH3.Zn/c1-4-6-8-9(3)7-5-2;;/h1,4-8H2,2-3H3;1H3;/q2*-1;+2. The molecule has 11 heavy (non-hydrogen) atoms. The fourth-order valence-corrected chi connectivity index (χ4v) is 0.875. The third kappa shape index (κ3) is 13.6. The van der Waals surface area contributed by atoms with Crippen molar-refractivity contribution in [3.05, 3.63) is 14.4 Å². The van der Waals surface area contributed by atoms with Crippen molar-refractivity contribution in [2.24, 2.45) is 0 Å². The number of rotatable bonds is 5. The molecule has 0 bridgehead atoms. The fourth-order valence-electron chi connectivity index (χ4n) is 0.875. The zero-order valence-electron chi connectivity index (χ0n) is 8.40. The summed E-state index contributed by atoms with van der Waals surface area (Å²) in [5.41, 5.74) is 0. The molecule has 0 fully saturated rings. The van der Waals surface area contributed by atoms with Gasteiger partial charge in [0.15, 0.2) is 0 Å². The Hall–Kier alpha value is 0.583. The Labute approximate surface area is 85.3 Å². The Bertz CT molecular complexity index is 57.5. The van der Waals surface area contributed by atoms with E-state index in [4.69, 9.17) is 0 Å². The Morgan fingerprint density at radius 2 is 1.82 bits per heavy atom. The molecule has 0 rings (SSSR count). The first-order valence-corrected chi connectivity index (χ1v) is 3.79. The second-order valence-electron chi connectivity index (χ2n) is 2.51. The van der Waals surface area contributed by atoms with Gasteiger partial charge in [-0.2, -0.15) is 6.42 Å². The molecule has 64 valence electrons. The van der Waals surface area contributed by atoms with Crippen LogP contribution in [0.4, 0.5) is 0 Å². The van der Waals surface area contributed by atoms with Crippen LogP contribution in [0.2, 0.25) is 0 Å². The topological polar surface area (TPSA) is 3.24 Å². The van der Waals surface area contributed by atoms with Crippen molar-refractivity contribution in [3.63, 3.8) is 0 Å². The minimum absolute atomic E-state index is 0. The summed E-state index contributed by atoms with van der Waals surface area (Å²) in [5.74, 6) is 0. The maximum Gasteiger partial charge on any atom is 2.00 e. The summed E-state index contributed by atoms with van der Waals surface area (Å²) in [6, 6.07) is 0. The predicted molar refractivity (Wildman–Crippen MR) is 48.8 cm³/mol. The van der Waals surface area contributed by atoms with Crippen LogP contribution >= 0.6 is 0 Å². The van der Waals surface area contributed by atoms with Crippen LogP contribution in [0.15, 0.2) is 0 Å². The minimum Gasteiger partial charge on any atom is -0.358 e. The average molecular weight is 209 g/mol. The summed E-state index contributed by atoms with van der Waals surface area (Å²) in [6.07, 6.45) is 3.55. The zero-order valence-corrected chi connectivity index (χ0v) is 11.4. The average Bonchev–Trinajstić information content (AvgIpc) is 1.85. The normalized spacial score (nSPS) is 8.73. The van der Waals surface area contributed by atoms with Gasteiger partial charge in [0.05, 0.1) is 0 Å². The van der Waals surface area contributed by atoms with Gasteiger partial charge < -0.3 is 19.3 Å². The molecule has 1 nitrogen and oxygen atoms in total. The molecule has 0 spiro atoms. The predicted octanol–water partition coefficient (Wildman–Crippen LogP) is 2.39. The van der Waals surface area contributed by atoms with Gasteiger partial charge >= 0.3 is 19.5 Å². The largest absolute Gasteiger partial charge is 2.00 e. The maximum absolute atomic E-state index is 3.79. The van der Waals surface area contributed by atoms with E-state index >= 15 is 0 Å². The van der Waals surface area contributed by atoms with E-state index in [0.29, 0.717) is 0 Å². The molecule has 0 aromatic rings. The number of hydrogen-bond donors (Lipinski definition) is 0. The number of hydrogen-bond acceptors (Lipinski definition) is 1. The molecule has 0 heterocycles. The molecular formula is C9H21NZn. The molecule has 0 aliphatic heterocycles. The van der Waals surface area contributed by atoms with Crippen LogP contribution in [0.25, 0.3) is 0 Å². The van der Waals surface area contributed by atoms with E-state index in [2.05, 4.69) is 25.8 Å². The third-order valence-electron chi connectivity index (χ3n) is 1.40. The summed E-state index contributed by atoms with van der Waals surface area (Å²) in [7, 11) is 2.17. The molecule has 0 N–H and O–H groups in total. The van der Waals surface area contributed by atoms with E-state index < -0.39 is 0 Å². The van der Waals surface area contributed by atoms with Crippen LogP contribution in [0.5, 0.6) is 0 Å². The SMILES string of the molecule is [CH2-]CCCN(C)CCC.[CH3-].[Zn+2]. The zero-order chi connectivity index (χ0) is 7.11. The van der Waals surface area contributed by atoms with Crippen LogP contribution in [0.3, 0.4) is 0 Å². The van der Waals surface area contributed by atoms with Gasteiger partial charge in [0, 0.05) is 0 Å². The van der Waals surface area contributed by atoms with E-state index in [1.807, 2.05) is 0 Å². The van der Waals surface area contributed by atoms with Gasteiger partial charge in [-0.25, -0.2) is 0 Å². The van der Waals surface area contributed by atoms with Crippen LogP contribution in [-0.4, -0.2) is 25.0 Å². The molecule has 0 unspecified atom stereocenters. The monoisotopic (exact) mass is 207 g/mol. The van der Waals surface area contributed by atoms with Gasteiger partial charge in [0.1, 0.15) is 0 Å². The van der Waals surface area contributed by atoms with Crippen LogP contribution in [-0.2, 0) is 19.5 Å². The summed E-state index contributed by atoms with van der Waals surface area (Å²) in [6.45, 7) is 8.43. The molecule has 0 saturated heterocycles. The van der Waals surface area contributed by atoms with Crippen molar-refractivity contribution >= 4 is 0 Å². The number of nitrogens with zero attached hydrogens (tertiary/aromatic N) is 1. The molecule has 2 heteroatoms. The van der Waals surface area contributed by atoms with E-state index in [1.54, 1.807) is 0 Å². The quantitative estimate of drug-likeness (QED) is 0.496. The van der Waals surface area contributed by atoms with Crippen LogP contribution in [0, 0.1) is 14.4 Å².